The summed E-state index contributed by atoms with van der Waals surface area (Å²) in [5.41, 5.74) is 4.43. The highest BCUT2D eigenvalue weighted by Crippen LogP contribution is 2.48. The largest absolute Gasteiger partial charge is 0.273 e. The fourth-order valence-electron chi connectivity index (χ4n) is 5.30. The Kier molecular flexibility index (Phi) is 4.85. The first-order valence-corrected chi connectivity index (χ1v) is 9.68. The summed E-state index contributed by atoms with van der Waals surface area (Å²) in [5.74, 6) is 3.47. The summed E-state index contributed by atoms with van der Waals surface area (Å²) in [7, 11) is 0. The Labute approximate surface area is 141 Å². The molecule has 0 aromatic rings. The Balaban J connectivity index is 1.47. The summed E-state index contributed by atoms with van der Waals surface area (Å²) in [4.78, 5) is 12.4. The van der Waals surface area contributed by atoms with Crippen LogP contribution in [0.1, 0.15) is 79.1 Å². The third-order valence-electron chi connectivity index (χ3n) is 6.94. The maximum Gasteiger partial charge on any atom is 0.243 e. The van der Waals surface area contributed by atoms with Gasteiger partial charge in [0.15, 0.2) is 0 Å². The maximum atomic E-state index is 12.4. The molecule has 2 bridgehead atoms. The lowest BCUT2D eigenvalue weighted by Crippen LogP contribution is -2.34. The standard InChI is InChI=1S/C20H34N2O/c1-13(18-12-14-5-6-16(18)11-14)21-22-19(23)15-7-9-17(10-8-15)20(2,3)4/h14-18H,5-12H2,1-4H3,(H,22,23). The number of rotatable bonds is 3. The number of fused-ring (bicyclic) bond motifs is 2. The molecule has 3 fully saturated rings. The van der Waals surface area contributed by atoms with Crippen molar-refractivity contribution in [2.24, 2.45) is 40.1 Å². The Morgan fingerprint density at radius 1 is 1.00 bits per heavy atom. The normalized spacial score (nSPS) is 37.9. The first-order chi connectivity index (χ1) is 10.8. The van der Waals surface area contributed by atoms with Gasteiger partial charge in [-0.05, 0) is 75.0 Å². The molecule has 130 valence electrons. The van der Waals surface area contributed by atoms with E-state index in [1.807, 2.05) is 0 Å². The van der Waals surface area contributed by atoms with Crippen LogP contribution in [0.25, 0.3) is 0 Å². The first kappa shape index (κ1) is 17.0. The van der Waals surface area contributed by atoms with E-state index in [1.165, 1.54) is 38.5 Å². The average Bonchev–Trinajstić information content (AvgIpc) is 3.14. The highest BCUT2D eigenvalue weighted by molar-refractivity contribution is 5.87. The zero-order chi connectivity index (χ0) is 16.6. The second-order valence-electron chi connectivity index (χ2n) is 9.43. The molecule has 3 heteroatoms. The molecule has 1 amide bonds. The molecule has 0 aliphatic heterocycles. The third kappa shape index (κ3) is 3.80. The Morgan fingerprint density at radius 2 is 1.70 bits per heavy atom. The molecule has 3 nitrogen and oxygen atoms in total. The van der Waals surface area contributed by atoms with Gasteiger partial charge in [0.05, 0.1) is 0 Å². The zero-order valence-corrected chi connectivity index (χ0v) is 15.4. The van der Waals surface area contributed by atoms with E-state index in [0.717, 1.165) is 36.3 Å². The lowest BCUT2D eigenvalue weighted by atomic mass is 9.70. The van der Waals surface area contributed by atoms with Crippen molar-refractivity contribution in [1.82, 2.24) is 5.43 Å². The SMILES string of the molecule is CC(=NNC(=O)C1CCC(C(C)(C)C)CC1)C1CC2CCC1C2. The predicted molar refractivity (Wildman–Crippen MR) is 95.1 cm³/mol. The number of carbonyl (C=O) groups excluding carboxylic acids is 1. The van der Waals surface area contributed by atoms with E-state index in [9.17, 15) is 4.79 Å². The molecule has 23 heavy (non-hydrogen) atoms. The van der Waals surface area contributed by atoms with Gasteiger partial charge in [0.1, 0.15) is 0 Å². The monoisotopic (exact) mass is 318 g/mol. The predicted octanol–water partition coefficient (Wildman–Crippen LogP) is 4.77. The number of amides is 1. The van der Waals surface area contributed by atoms with Gasteiger partial charge in [-0.25, -0.2) is 5.43 Å². The highest BCUT2D eigenvalue weighted by Gasteiger charge is 2.40. The van der Waals surface area contributed by atoms with E-state index >= 15 is 0 Å². The van der Waals surface area contributed by atoms with Crippen LogP contribution in [0.4, 0.5) is 0 Å². The summed E-state index contributed by atoms with van der Waals surface area (Å²) >= 11 is 0. The fraction of sp³-hybridized carbons (Fsp3) is 0.900. The quantitative estimate of drug-likeness (QED) is 0.591. The molecular weight excluding hydrogens is 284 g/mol. The average molecular weight is 319 g/mol. The molecule has 0 saturated heterocycles. The van der Waals surface area contributed by atoms with E-state index in [4.69, 9.17) is 0 Å². The molecule has 0 spiro atoms. The van der Waals surface area contributed by atoms with Crippen LogP contribution in [-0.4, -0.2) is 11.6 Å². The van der Waals surface area contributed by atoms with Crippen LogP contribution in [0.2, 0.25) is 0 Å². The van der Waals surface area contributed by atoms with Crippen LogP contribution in [-0.2, 0) is 4.79 Å². The zero-order valence-electron chi connectivity index (χ0n) is 15.4. The minimum absolute atomic E-state index is 0.153. The molecule has 0 aromatic carbocycles. The van der Waals surface area contributed by atoms with Gasteiger partial charge in [-0.3, -0.25) is 4.79 Å². The van der Waals surface area contributed by atoms with Crippen molar-refractivity contribution in [2.75, 3.05) is 0 Å². The van der Waals surface area contributed by atoms with Gasteiger partial charge in [0.25, 0.3) is 0 Å². The van der Waals surface area contributed by atoms with Crippen molar-refractivity contribution in [3.8, 4) is 0 Å². The number of nitrogens with zero attached hydrogens (tertiary/aromatic N) is 1. The molecule has 1 N–H and O–H groups in total. The fourth-order valence-corrected chi connectivity index (χ4v) is 5.30. The number of hydrazone groups is 1. The van der Waals surface area contributed by atoms with E-state index in [0.29, 0.717) is 11.3 Å². The van der Waals surface area contributed by atoms with E-state index in [1.54, 1.807) is 0 Å². The molecule has 0 radical (unpaired) electrons. The summed E-state index contributed by atoms with van der Waals surface area (Å²) in [6.07, 6.45) is 9.87. The van der Waals surface area contributed by atoms with Gasteiger partial charge in [-0.1, -0.05) is 27.2 Å². The lowest BCUT2D eigenvalue weighted by Gasteiger charge is -2.36. The van der Waals surface area contributed by atoms with E-state index in [2.05, 4.69) is 38.2 Å². The molecule has 3 unspecified atom stereocenters. The minimum Gasteiger partial charge on any atom is -0.273 e. The lowest BCUT2D eigenvalue weighted by molar-refractivity contribution is -0.126. The molecule has 3 atom stereocenters. The van der Waals surface area contributed by atoms with Crippen LogP contribution in [0.15, 0.2) is 5.10 Å². The van der Waals surface area contributed by atoms with Crippen LogP contribution >= 0.6 is 0 Å². The number of carbonyl (C=O) groups is 1. The summed E-state index contributed by atoms with van der Waals surface area (Å²) < 4.78 is 0. The summed E-state index contributed by atoms with van der Waals surface area (Å²) in [6, 6.07) is 0. The van der Waals surface area contributed by atoms with Crippen LogP contribution < -0.4 is 5.43 Å². The molecule has 3 rings (SSSR count). The topological polar surface area (TPSA) is 41.5 Å². The van der Waals surface area contributed by atoms with Crippen molar-refractivity contribution >= 4 is 11.6 Å². The van der Waals surface area contributed by atoms with Crippen LogP contribution in [0, 0.1) is 35.0 Å². The first-order valence-electron chi connectivity index (χ1n) is 9.68. The Hall–Kier alpha value is -0.860. The van der Waals surface area contributed by atoms with Crippen molar-refractivity contribution in [3.05, 3.63) is 0 Å². The maximum absolute atomic E-state index is 12.4. The molecule has 3 aliphatic carbocycles. The third-order valence-corrected chi connectivity index (χ3v) is 6.94. The molecule has 0 heterocycles. The second-order valence-corrected chi connectivity index (χ2v) is 9.43. The van der Waals surface area contributed by atoms with Gasteiger partial charge < -0.3 is 0 Å². The van der Waals surface area contributed by atoms with Gasteiger partial charge in [-0.15, -0.1) is 0 Å². The van der Waals surface area contributed by atoms with Gasteiger partial charge in [0.2, 0.25) is 5.91 Å². The number of hydrogen-bond acceptors (Lipinski definition) is 2. The minimum atomic E-state index is 0.153. The Morgan fingerprint density at radius 3 is 2.22 bits per heavy atom. The summed E-state index contributed by atoms with van der Waals surface area (Å²) in [5, 5.41) is 4.48. The Bertz CT molecular complexity index is 469. The van der Waals surface area contributed by atoms with Crippen molar-refractivity contribution in [3.63, 3.8) is 0 Å². The highest BCUT2D eigenvalue weighted by atomic mass is 16.2. The molecule has 3 aliphatic rings. The smallest absolute Gasteiger partial charge is 0.243 e. The molecular formula is C20H34N2O. The molecule has 0 aromatic heterocycles. The number of nitrogens with one attached hydrogen (secondary N) is 1. The van der Waals surface area contributed by atoms with E-state index < -0.39 is 0 Å². The van der Waals surface area contributed by atoms with Crippen LogP contribution in [0.3, 0.4) is 0 Å². The van der Waals surface area contributed by atoms with E-state index in [-0.39, 0.29) is 11.8 Å². The van der Waals surface area contributed by atoms with Crippen molar-refractivity contribution < 1.29 is 4.79 Å². The van der Waals surface area contributed by atoms with Crippen LogP contribution in [0.5, 0.6) is 0 Å². The van der Waals surface area contributed by atoms with Gasteiger partial charge in [-0.2, -0.15) is 5.10 Å². The number of hydrogen-bond donors (Lipinski definition) is 1. The van der Waals surface area contributed by atoms with Gasteiger partial charge in [0, 0.05) is 17.5 Å². The van der Waals surface area contributed by atoms with Gasteiger partial charge >= 0.3 is 0 Å². The second kappa shape index (κ2) is 6.57. The molecule has 3 saturated carbocycles. The summed E-state index contributed by atoms with van der Waals surface area (Å²) in [6.45, 7) is 9.07. The van der Waals surface area contributed by atoms with Crippen molar-refractivity contribution in [2.45, 2.75) is 79.1 Å². The van der Waals surface area contributed by atoms with Crippen molar-refractivity contribution in [1.29, 1.82) is 0 Å².